The van der Waals surface area contributed by atoms with Crippen LogP contribution < -0.4 is 5.32 Å². The van der Waals surface area contributed by atoms with Crippen molar-refractivity contribution in [3.05, 3.63) is 33.8 Å². The molecule has 0 amide bonds. The lowest BCUT2D eigenvalue weighted by atomic mass is 9.87. The number of nitrogens with one attached hydrogen (secondary N) is 1. The van der Waals surface area contributed by atoms with Gasteiger partial charge in [-0.2, -0.15) is 0 Å². The minimum absolute atomic E-state index is 0.597. The minimum atomic E-state index is 0.597. The predicted octanol–water partition coefficient (Wildman–Crippen LogP) is 4.36. The number of aryl methyl sites for hydroxylation is 1. The first-order chi connectivity index (χ1) is 8.33. The molecule has 0 spiro atoms. The van der Waals surface area contributed by atoms with E-state index in [-0.39, 0.29) is 0 Å². The molecule has 1 saturated carbocycles. The normalized spacial score (nSPS) is 24.9. The Morgan fingerprint density at radius 2 is 1.88 bits per heavy atom. The topological polar surface area (TPSA) is 12.0 Å². The Bertz CT molecular complexity index is 396. The Balaban J connectivity index is 1.80. The second-order valence-corrected chi connectivity index (χ2v) is 6.35. The zero-order chi connectivity index (χ0) is 11.7. The Labute approximate surface area is 112 Å². The molecule has 3 rings (SSSR count). The van der Waals surface area contributed by atoms with Crippen molar-refractivity contribution in [2.45, 2.75) is 57.0 Å². The van der Waals surface area contributed by atoms with Gasteiger partial charge in [0.05, 0.1) is 0 Å². The molecular formula is C15H20BrN. The van der Waals surface area contributed by atoms with Crippen LogP contribution in [0, 0.1) is 0 Å². The fraction of sp³-hybridized carbons (Fsp3) is 0.600. The summed E-state index contributed by atoms with van der Waals surface area (Å²) >= 11 is 3.60. The van der Waals surface area contributed by atoms with Gasteiger partial charge in [-0.15, -0.1) is 0 Å². The Hall–Kier alpha value is -0.340. The first-order valence-electron chi connectivity index (χ1n) is 6.87. The zero-order valence-corrected chi connectivity index (χ0v) is 11.8. The minimum Gasteiger partial charge on any atom is -0.307 e. The van der Waals surface area contributed by atoms with Gasteiger partial charge in [-0.1, -0.05) is 34.8 Å². The van der Waals surface area contributed by atoms with Crippen LogP contribution in [-0.2, 0) is 6.42 Å². The average Bonchev–Trinajstić information content (AvgIpc) is 2.83. The lowest BCUT2D eigenvalue weighted by Crippen LogP contribution is -2.32. The van der Waals surface area contributed by atoms with E-state index in [1.807, 2.05) is 0 Å². The molecule has 1 aromatic rings. The standard InChI is InChI=1S/C15H20BrN/c16-12-9-8-11-4-3-7-15(14(11)10-12)17-13-5-1-2-6-13/h8-10,13,15,17H,1-7H2. The van der Waals surface area contributed by atoms with E-state index in [0.29, 0.717) is 6.04 Å². The molecule has 17 heavy (non-hydrogen) atoms. The SMILES string of the molecule is Brc1ccc2c(c1)C(NC1CCCC1)CCC2. The van der Waals surface area contributed by atoms with Crippen molar-refractivity contribution < 1.29 is 0 Å². The molecule has 0 heterocycles. The number of benzene rings is 1. The molecular weight excluding hydrogens is 274 g/mol. The van der Waals surface area contributed by atoms with Crippen LogP contribution in [0.5, 0.6) is 0 Å². The molecule has 1 aromatic carbocycles. The molecule has 0 aliphatic heterocycles. The van der Waals surface area contributed by atoms with Gasteiger partial charge in [0.15, 0.2) is 0 Å². The van der Waals surface area contributed by atoms with E-state index >= 15 is 0 Å². The zero-order valence-electron chi connectivity index (χ0n) is 10.2. The van der Waals surface area contributed by atoms with Crippen molar-refractivity contribution in [1.29, 1.82) is 0 Å². The second-order valence-electron chi connectivity index (χ2n) is 5.44. The third kappa shape index (κ3) is 2.58. The van der Waals surface area contributed by atoms with Gasteiger partial charge >= 0.3 is 0 Å². The van der Waals surface area contributed by atoms with Crippen LogP contribution in [0.3, 0.4) is 0 Å². The van der Waals surface area contributed by atoms with Gasteiger partial charge in [0.1, 0.15) is 0 Å². The van der Waals surface area contributed by atoms with Gasteiger partial charge in [0.2, 0.25) is 0 Å². The molecule has 0 radical (unpaired) electrons. The van der Waals surface area contributed by atoms with Crippen LogP contribution in [0.2, 0.25) is 0 Å². The highest BCUT2D eigenvalue weighted by Crippen LogP contribution is 2.33. The molecule has 0 bridgehead atoms. The largest absolute Gasteiger partial charge is 0.307 e. The van der Waals surface area contributed by atoms with E-state index in [9.17, 15) is 0 Å². The maximum Gasteiger partial charge on any atom is 0.0325 e. The second kappa shape index (κ2) is 5.11. The third-order valence-corrected chi connectivity index (χ3v) is 4.71. The molecule has 1 atom stereocenters. The van der Waals surface area contributed by atoms with Crippen molar-refractivity contribution >= 4 is 15.9 Å². The summed E-state index contributed by atoms with van der Waals surface area (Å²) in [6.07, 6.45) is 9.47. The van der Waals surface area contributed by atoms with Crippen LogP contribution in [0.25, 0.3) is 0 Å². The summed E-state index contributed by atoms with van der Waals surface area (Å²) in [7, 11) is 0. The van der Waals surface area contributed by atoms with Gasteiger partial charge in [0.25, 0.3) is 0 Å². The molecule has 1 nitrogen and oxygen atoms in total. The van der Waals surface area contributed by atoms with E-state index < -0.39 is 0 Å². The molecule has 2 heteroatoms. The van der Waals surface area contributed by atoms with Crippen LogP contribution in [0.1, 0.15) is 55.7 Å². The van der Waals surface area contributed by atoms with Crippen LogP contribution >= 0.6 is 15.9 Å². The van der Waals surface area contributed by atoms with Crippen molar-refractivity contribution in [1.82, 2.24) is 5.32 Å². The number of hydrogen-bond acceptors (Lipinski definition) is 1. The maximum absolute atomic E-state index is 3.88. The van der Waals surface area contributed by atoms with Crippen LogP contribution in [0.15, 0.2) is 22.7 Å². The van der Waals surface area contributed by atoms with Crippen LogP contribution in [0.4, 0.5) is 0 Å². The van der Waals surface area contributed by atoms with E-state index in [2.05, 4.69) is 39.4 Å². The Morgan fingerprint density at radius 1 is 1.06 bits per heavy atom. The molecule has 2 aliphatic carbocycles. The number of fused-ring (bicyclic) bond motifs is 1. The number of hydrogen-bond donors (Lipinski definition) is 1. The fourth-order valence-corrected chi connectivity index (χ4v) is 3.70. The van der Waals surface area contributed by atoms with Gasteiger partial charge in [0, 0.05) is 16.6 Å². The lowest BCUT2D eigenvalue weighted by molar-refractivity contribution is 0.397. The Morgan fingerprint density at radius 3 is 2.71 bits per heavy atom. The predicted molar refractivity (Wildman–Crippen MR) is 75.2 cm³/mol. The molecule has 92 valence electrons. The fourth-order valence-electron chi connectivity index (χ4n) is 3.32. The van der Waals surface area contributed by atoms with Crippen molar-refractivity contribution in [3.8, 4) is 0 Å². The monoisotopic (exact) mass is 293 g/mol. The third-order valence-electron chi connectivity index (χ3n) is 4.21. The summed E-state index contributed by atoms with van der Waals surface area (Å²) < 4.78 is 1.22. The molecule has 0 aromatic heterocycles. The maximum atomic E-state index is 3.88. The molecule has 2 aliphatic rings. The number of halogens is 1. The summed E-state index contributed by atoms with van der Waals surface area (Å²) in [5, 5.41) is 3.88. The molecule has 1 unspecified atom stereocenters. The Kier molecular flexibility index (Phi) is 3.53. The highest BCUT2D eigenvalue weighted by atomic mass is 79.9. The molecule has 1 N–H and O–H groups in total. The quantitative estimate of drug-likeness (QED) is 0.854. The van der Waals surface area contributed by atoms with Gasteiger partial charge in [-0.25, -0.2) is 0 Å². The summed E-state index contributed by atoms with van der Waals surface area (Å²) in [4.78, 5) is 0. The highest BCUT2D eigenvalue weighted by Gasteiger charge is 2.24. The average molecular weight is 294 g/mol. The first kappa shape index (κ1) is 11.7. The van der Waals surface area contributed by atoms with E-state index in [0.717, 1.165) is 6.04 Å². The van der Waals surface area contributed by atoms with Crippen LogP contribution in [-0.4, -0.2) is 6.04 Å². The summed E-state index contributed by atoms with van der Waals surface area (Å²) in [6.45, 7) is 0. The van der Waals surface area contributed by atoms with Gasteiger partial charge in [-0.05, 0) is 55.4 Å². The molecule has 1 fully saturated rings. The van der Waals surface area contributed by atoms with Crippen molar-refractivity contribution in [2.24, 2.45) is 0 Å². The first-order valence-corrected chi connectivity index (χ1v) is 7.66. The highest BCUT2D eigenvalue weighted by molar-refractivity contribution is 9.10. The van der Waals surface area contributed by atoms with E-state index in [1.54, 1.807) is 5.56 Å². The smallest absolute Gasteiger partial charge is 0.0325 e. The van der Waals surface area contributed by atoms with Gasteiger partial charge in [-0.3, -0.25) is 0 Å². The summed E-state index contributed by atoms with van der Waals surface area (Å²) in [5.41, 5.74) is 3.09. The van der Waals surface area contributed by atoms with E-state index in [1.165, 1.54) is 55.0 Å². The van der Waals surface area contributed by atoms with Crippen molar-refractivity contribution in [2.75, 3.05) is 0 Å². The van der Waals surface area contributed by atoms with E-state index in [4.69, 9.17) is 0 Å². The van der Waals surface area contributed by atoms with Crippen molar-refractivity contribution in [3.63, 3.8) is 0 Å². The molecule has 0 saturated heterocycles. The summed E-state index contributed by atoms with van der Waals surface area (Å²) in [5.74, 6) is 0. The number of rotatable bonds is 2. The lowest BCUT2D eigenvalue weighted by Gasteiger charge is -2.29. The summed E-state index contributed by atoms with van der Waals surface area (Å²) in [6, 6.07) is 8.16. The van der Waals surface area contributed by atoms with Gasteiger partial charge < -0.3 is 5.32 Å².